The van der Waals surface area contributed by atoms with Crippen molar-refractivity contribution < 1.29 is 0 Å². The van der Waals surface area contributed by atoms with Gasteiger partial charge >= 0.3 is 0 Å². The van der Waals surface area contributed by atoms with Crippen LogP contribution in [0.1, 0.15) is 22.2 Å². The van der Waals surface area contributed by atoms with Crippen molar-refractivity contribution in [1.82, 2.24) is 20.1 Å². The zero-order valence-corrected chi connectivity index (χ0v) is 10.9. The Morgan fingerprint density at radius 2 is 2.41 bits per heavy atom. The summed E-state index contributed by atoms with van der Waals surface area (Å²) in [5.41, 5.74) is 10.1. The van der Waals surface area contributed by atoms with Gasteiger partial charge in [0.2, 0.25) is 0 Å². The Kier molecular flexibility index (Phi) is 3.88. The third-order valence-corrected chi connectivity index (χ3v) is 3.58. The first-order chi connectivity index (χ1) is 8.16. The van der Waals surface area contributed by atoms with Crippen LogP contribution in [0.25, 0.3) is 0 Å². The lowest BCUT2D eigenvalue weighted by Crippen LogP contribution is -2.26. The van der Waals surface area contributed by atoms with E-state index in [0.717, 1.165) is 24.3 Å². The van der Waals surface area contributed by atoms with Crippen LogP contribution in [0, 0.1) is 6.92 Å². The van der Waals surface area contributed by atoms with E-state index in [4.69, 9.17) is 5.73 Å². The molecule has 0 spiro atoms. The molecule has 3 N–H and O–H groups in total. The van der Waals surface area contributed by atoms with Crippen LogP contribution in [0.15, 0.2) is 17.9 Å². The fourth-order valence-corrected chi connectivity index (χ4v) is 2.33. The molecule has 1 atom stereocenters. The largest absolute Gasteiger partial charge is 0.323 e. The number of aromatic nitrogens is 3. The number of aryl methyl sites for hydroxylation is 2. The van der Waals surface area contributed by atoms with E-state index in [9.17, 15) is 0 Å². The first-order valence-electron chi connectivity index (χ1n) is 5.50. The zero-order chi connectivity index (χ0) is 12.3. The number of hydrogen-bond acceptors (Lipinski definition) is 5. The Hall–Kier alpha value is -1.24. The van der Waals surface area contributed by atoms with E-state index < -0.39 is 0 Å². The quantitative estimate of drug-likeness (QED) is 0.831. The molecule has 17 heavy (non-hydrogen) atoms. The molecule has 0 aliphatic carbocycles. The molecule has 0 saturated carbocycles. The maximum absolute atomic E-state index is 6.06. The van der Waals surface area contributed by atoms with Crippen molar-refractivity contribution in [2.45, 2.75) is 19.5 Å². The highest BCUT2D eigenvalue weighted by Crippen LogP contribution is 2.12. The maximum atomic E-state index is 6.06. The lowest BCUT2D eigenvalue weighted by molar-refractivity contribution is 0.599. The molecule has 92 valence electrons. The van der Waals surface area contributed by atoms with E-state index in [1.165, 1.54) is 4.88 Å². The van der Waals surface area contributed by atoms with Crippen molar-refractivity contribution in [3.63, 3.8) is 0 Å². The highest BCUT2D eigenvalue weighted by Gasteiger charge is 2.08. The third-order valence-electron chi connectivity index (χ3n) is 2.65. The molecule has 2 rings (SSSR count). The van der Waals surface area contributed by atoms with Gasteiger partial charge in [-0.1, -0.05) is 0 Å². The Balaban J connectivity index is 1.81. The van der Waals surface area contributed by atoms with E-state index >= 15 is 0 Å². The predicted molar refractivity (Wildman–Crippen MR) is 68.7 cm³/mol. The number of thiazole rings is 1. The predicted octanol–water partition coefficient (Wildman–Crippen LogP) is 0.975. The van der Waals surface area contributed by atoms with E-state index in [0.29, 0.717) is 0 Å². The normalized spacial score (nSPS) is 12.9. The summed E-state index contributed by atoms with van der Waals surface area (Å²) in [6, 6.07) is -0.0167. The minimum atomic E-state index is -0.0167. The zero-order valence-electron chi connectivity index (χ0n) is 10.1. The molecule has 0 bridgehead atoms. The molecule has 0 aromatic carbocycles. The minimum Gasteiger partial charge on any atom is -0.323 e. The van der Waals surface area contributed by atoms with Gasteiger partial charge in [-0.25, -0.2) is 4.98 Å². The van der Waals surface area contributed by atoms with Gasteiger partial charge in [0.05, 0.1) is 17.4 Å². The third kappa shape index (κ3) is 3.12. The van der Waals surface area contributed by atoms with E-state index in [2.05, 4.69) is 15.4 Å². The smallest absolute Gasteiger partial charge is 0.0798 e. The second kappa shape index (κ2) is 5.39. The molecule has 2 heterocycles. The van der Waals surface area contributed by atoms with Gasteiger partial charge in [-0.15, -0.1) is 11.3 Å². The Morgan fingerprint density at radius 3 is 3.00 bits per heavy atom. The van der Waals surface area contributed by atoms with Crippen LogP contribution in [0.2, 0.25) is 0 Å². The first-order valence-corrected chi connectivity index (χ1v) is 6.38. The topological polar surface area (TPSA) is 68.8 Å². The van der Waals surface area contributed by atoms with Gasteiger partial charge in [0.25, 0.3) is 0 Å². The summed E-state index contributed by atoms with van der Waals surface area (Å²) in [5.74, 6) is 0. The van der Waals surface area contributed by atoms with Crippen LogP contribution in [0.3, 0.4) is 0 Å². The summed E-state index contributed by atoms with van der Waals surface area (Å²) < 4.78 is 1.77. The summed E-state index contributed by atoms with van der Waals surface area (Å²) >= 11 is 1.67. The van der Waals surface area contributed by atoms with Gasteiger partial charge in [-0.2, -0.15) is 5.10 Å². The average molecular weight is 251 g/mol. The molecular weight excluding hydrogens is 234 g/mol. The van der Waals surface area contributed by atoms with Crippen molar-refractivity contribution in [3.8, 4) is 0 Å². The summed E-state index contributed by atoms with van der Waals surface area (Å²) in [5, 5.41) is 7.46. The van der Waals surface area contributed by atoms with E-state index in [1.807, 2.05) is 31.9 Å². The van der Waals surface area contributed by atoms with Crippen molar-refractivity contribution in [1.29, 1.82) is 0 Å². The number of hydrogen-bond donors (Lipinski definition) is 2. The van der Waals surface area contributed by atoms with Crippen molar-refractivity contribution >= 4 is 11.3 Å². The fourth-order valence-electron chi connectivity index (χ4n) is 1.59. The highest BCUT2D eigenvalue weighted by atomic mass is 32.1. The molecule has 0 fully saturated rings. The van der Waals surface area contributed by atoms with Gasteiger partial charge < -0.3 is 11.1 Å². The summed E-state index contributed by atoms with van der Waals surface area (Å²) in [6.07, 6.45) is 3.76. The Bertz CT molecular complexity index is 476. The summed E-state index contributed by atoms with van der Waals surface area (Å²) in [6.45, 7) is 3.59. The van der Waals surface area contributed by atoms with Crippen molar-refractivity contribution in [2.24, 2.45) is 12.8 Å². The molecule has 0 amide bonds. The number of rotatable bonds is 5. The van der Waals surface area contributed by atoms with Gasteiger partial charge in [0.1, 0.15) is 0 Å². The Labute approximate surface area is 105 Å². The van der Waals surface area contributed by atoms with Crippen LogP contribution < -0.4 is 11.1 Å². The molecule has 0 saturated heterocycles. The number of nitrogens with one attached hydrogen (secondary N) is 1. The lowest BCUT2D eigenvalue weighted by atomic mass is 10.2. The summed E-state index contributed by atoms with van der Waals surface area (Å²) in [4.78, 5) is 5.48. The van der Waals surface area contributed by atoms with Crippen LogP contribution in [0.5, 0.6) is 0 Å². The van der Waals surface area contributed by atoms with Gasteiger partial charge in [-0.3, -0.25) is 4.68 Å². The standard InChI is InChI=1S/C11H17N5S/c1-8-11(17-7-14-8)5-13-4-10(12)9-3-15-16(2)6-9/h3,6-7,10,13H,4-5,12H2,1-2H3. The van der Waals surface area contributed by atoms with Gasteiger partial charge in [0.15, 0.2) is 0 Å². The van der Waals surface area contributed by atoms with Crippen LogP contribution >= 0.6 is 11.3 Å². The van der Waals surface area contributed by atoms with Crippen LogP contribution in [-0.2, 0) is 13.6 Å². The van der Waals surface area contributed by atoms with Gasteiger partial charge in [-0.05, 0) is 6.92 Å². The van der Waals surface area contributed by atoms with Crippen molar-refractivity contribution in [2.75, 3.05) is 6.54 Å². The average Bonchev–Trinajstić information content (AvgIpc) is 2.88. The monoisotopic (exact) mass is 251 g/mol. The minimum absolute atomic E-state index is 0.0167. The molecule has 0 radical (unpaired) electrons. The lowest BCUT2D eigenvalue weighted by Gasteiger charge is -2.10. The molecule has 0 aliphatic rings. The SMILES string of the molecule is Cc1ncsc1CNCC(N)c1cnn(C)c1. The fraction of sp³-hybridized carbons (Fsp3) is 0.455. The van der Waals surface area contributed by atoms with E-state index in [-0.39, 0.29) is 6.04 Å². The van der Waals surface area contributed by atoms with E-state index in [1.54, 1.807) is 16.0 Å². The first kappa shape index (κ1) is 12.2. The van der Waals surface area contributed by atoms with Crippen LogP contribution in [-0.4, -0.2) is 21.3 Å². The molecule has 1 unspecified atom stereocenters. The molecule has 2 aromatic rings. The summed E-state index contributed by atoms with van der Waals surface area (Å²) in [7, 11) is 1.89. The van der Waals surface area contributed by atoms with Crippen molar-refractivity contribution in [3.05, 3.63) is 34.0 Å². The highest BCUT2D eigenvalue weighted by molar-refractivity contribution is 7.09. The number of nitrogens with zero attached hydrogens (tertiary/aromatic N) is 3. The van der Waals surface area contributed by atoms with Crippen LogP contribution in [0.4, 0.5) is 0 Å². The number of nitrogens with two attached hydrogens (primary N) is 1. The molecule has 6 heteroatoms. The molecular formula is C11H17N5S. The van der Waals surface area contributed by atoms with Gasteiger partial charge in [0, 0.05) is 42.8 Å². The molecule has 0 aliphatic heterocycles. The second-order valence-electron chi connectivity index (χ2n) is 4.05. The second-order valence-corrected chi connectivity index (χ2v) is 4.98. The Morgan fingerprint density at radius 1 is 1.59 bits per heavy atom. The maximum Gasteiger partial charge on any atom is 0.0798 e. The molecule has 5 nitrogen and oxygen atoms in total. The molecule has 2 aromatic heterocycles.